The number of phenols is 1. The number of phenolic OH excluding ortho intramolecular Hbond substituents is 1. The lowest BCUT2D eigenvalue weighted by Gasteiger charge is -1.89. The second-order valence-corrected chi connectivity index (χ2v) is 1.86. The predicted octanol–water partition coefficient (Wildman–Crippen LogP) is 2.89. The summed E-state index contributed by atoms with van der Waals surface area (Å²) in [6.07, 6.45) is 0. The Hall–Kier alpha value is -0.110. The van der Waals surface area contributed by atoms with E-state index in [1.807, 2.05) is 0 Å². The Morgan fingerprint density at radius 3 is 1.90 bits per heavy atom. The minimum Gasteiger partial charge on any atom is -0.506 e. The summed E-state index contributed by atoms with van der Waals surface area (Å²) in [5.41, 5.74) is 0. The number of benzene rings is 1. The summed E-state index contributed by atoms with van der Waals surface area (Å²) in [5.74, 6) is 0.133. The highest BCUT2D eigenvalue weighted by Crippen LogP contribution is 2.20. The Morgan fingerprint density at radius 1 is 1.10 bits per heavy atom. The Kier molecular flexibility index (Phi) is 7.10. The normalized spacial score (nSPS) is 7.30. The van der Waals surface area contributed by atoms with Crippen molar-refractivity contribution >= 4 is 36.4 Å². The second kappa shape index (κ2) is 5.66. The summed E-state index contributed by atoms with van der Waals surface area (Å²) in [6, 6.07) is 6.67. The summed E-state index contributed by atoms with van der Waals surface area (Å²) in [4.78, 5) is 0. The van der Waals surface area contributed by atoms with Gasteiger partial charge in [0.1, 0.15) is 5.75 Å². The van der Waals surface area contributed by atoms with Gasteiger partial charge in [0.2, 0.25) is 0 Å². The van der Waals surface area contributed by atoms with E-state index in [0.29, 0.717) is 5.02 Å². The maximum Gasteiger partial charge on any atom is 0.134 e. The first-order valence-electron chi connectivity index (χ1n) is 2.24. The predicted molar refractivity (Wildman–Crippen MR) is 47.6 cm³/mol. The summed E-state index contributed by atoms with van der Waals surface area (Å²) < 4.78 is 0. The molecule has 1 rings (SSSR count). The van der Waals surface area contributed by atoms with E-state index in [9.17, 15) is 0 Å². The number of halogens is 3. The van der Waals surface area contributed by atoms with Crippen LogP contribution in [0.4, 0.5) is 0 Å². The van der Waals surface area contributed by atoms with Crippen molar-refractivity contribution in [3.05, 3.63) is 29.3 Å². The van der Waals surface area contributed by atoms with Gasteiger partial charge in [0.05, 0.1) is 5.02 Å². The summed E-state index contributed by atoms with van der Waals surface area (Å²) in [5, 5.41) is 9.18. The first-order chi connectivity index (χ1) is 3.80. The van der Waals surface area contributed by atoms with Crippen LogP contribution in [0.1, 0.15) is 0 Å². The Morgan fingerprint density at radius 2 is 1.60 bits per heavy atom. The minimum absolute atomic E-state index is 0. The van der Waals surface area contributed by atoms with E-state index in [1.165, 1.54) is 0 Å². The maximum absolute atomic E-state index is 8.79. The van der Waals surface area contributed by atoms with Crippen LogP contribution in [0.2, 0.25) is 5.02 Å². The smallest absolute Gasteiger partial charge is 0.134 e. The van der Waals surface area contributed by atoms with Crippen molar-refractivity contribution in [2.75, 3.05) is 0 Å². The largest absolute Gasteiger partial charge is 0.506 e. The van der Waals surface area contributed by atoms with Crippen LogP contribution in [-0.2, 0) is 0 Å². The van der Waals surface area contributed by atoms with Gasteiger partial charge in [-0.2, -0.15) is 0 Å². The van der Waals surface area contributed by atoms with Crippen LogP contribution in [0.5, 0.6) is 5.75 Å². The molecule has 0 spiro atoms. The molecule has 58 valence electrons. The molecule has 0 saturated heterocycles. The van der Waals surface area contributed by atoms with Crippen LogP contribution < -0.4 is 0 Å². The van der Waals surface area contributed by atoms with Crippen molar-refractivity contribution in [3.63, 3.8) is 0 Å². The lowest BCUT2D eigenvalue weighted by Crippen LogP contribution is -1.62. The Labute approximate surface area is 76.8 Å². The second-order valence-electron chi connectivity index (χ2n) is 1.45. The van der Waals surface area contributed by atoms with E-state index >= 15 is 0 Å². The molecule has 0 aliphatic rings. The third-order valence-corrected chi connectivity index (χ3v) is 1.17. The van der Waals surface area contributed by atoms with Gasteiger partial charge in [-0.1, -0.05) is 23.7 Å². The highest BCUT2D eigenvalue weighted by molar-refractivity contribution is 6.31. The Bertz CT molecular complexity index is 169. The lowest BCUT2D eigenvalue weighted by atomic mass is 10.3. The third-order valence-electron chi connectivity index (χ3n) is 0.852. The molecule has 0 amide bonds. The fraction of sp³-hybridized carbons (Fsp3) is 0. The molecule has 4 heteroatoms. The third kappa shape index (κ3) is 3.16. The highest BCUT2D eigenvalue weighted by Gasteiger charge is 1.89. The average molecular weight is 201 g/mol. The summed E-state index contributed by atoms with van der Waals surface area (Å²) in [7, 11) is 0. The first kappa shape index (κ1) is 12.6. The molecule has 0 aliphatic carbocycles. The highest BCUT2D eigenvalue weighted by atomic mass is 35.5. The average Bonchev–Trinajstić information content (AvgIpc) is 1.77. The SMILES string of the molecule is Cl.Cl.Oc1ccccc1Cl. The van der Waals surface area contributed by atoms with Crippen LogP contribution in [0.15, 0.2) is 24.3 Å². The minimum atomic E-state index is 0. The van der Waals surface area contributed by atoms with Gasteiger partial charge < -0.3 is 5.11 Å². The molecule has 0 atom stereocenters. The topological polar surface area (TPSA) is 20.2 Å². The fourth-order valence-electron chi connectivity index (χ4n) is 0.452. The van der Waals surface area contributed by atoms with Gasteiger partial charge >= 0.3 is 0 Å². The van der Waals surface area contributed by atoms with E-state index in [-0.39, 0.29) is 30.6 Å². The number of rotatable bonds is 0. The van der Waals surface area contributed by atoms with Gasteiger partial charge in [0, 0.05) is 0 Å². The first-order valence-corrected chi connectivity index (χ1v) is 2.62. The van der Waals surface area contributed by atoms with Crippen LogP contribution in [0.3, 0.4) is 0 Å². The monoisotopic (exact) mass is 200 g/mol. The molecule has 10 heavy (non-hydrogen) atoms. The molecule has 0 fully saturated rings. The van der Waals surface area contributed by atoms with Gasteiger partial charge in [-0.25, -0.2) is 0 Å². The van der Waals surface area contributed by atoms with Crippen molar-refractivity contribution in [3.8, 4) is 5.75 Å². The molecular weight excluding hydrogens is 194 g/mol. The number of aromatic hydroxyl groups is 1. The molecule has 0 saturated carbocycles. The van der Waals surface area contributed by atoms with E-state index in [1.54, 1.807) is 24.3 Å². The van der Waals surface area contributed by atoms with Crippen LogP contribution >= 0.6 is 36.4 Å². The van der Waals surface area contributed by atoms with Crippen molar-refractivity contribution < 1.29 is 5.11 Å². The molecule has 0 aromatic heterocycles. The molecule has 0 aliphatic heterocycles. The number of hydrogen-bond acceptors (Lipinski definition) is 1. The van der Waals surface area contributed by atoms with Gasteiger partial charge in [-0.05, 0) is 12.1 Å². The molecule has 1 nitrogen and oxygen atoms in total. The number of para-hydroxylation sites is 1. The van der Waals surface area contributed by atoms with Gasteiger partial charge in [0.25, 0.3) is 0 Å². The molecule has 0 radical (unpaired) electrons. The van der Waals surface area contributed by atoms with Crippen LogP contribution in [-0.4, -0.2) is 5.11 Å². The van der Waals surface area contributed by atoms with E-state index < -0.39 is 0 Å². The van der Waals surface area contributed by atoms with E-state index in [2.05, 4.69) is 0 Å². The molecule has 1 N–H and O–H groups in total. The quantitative estimate of drug-likeness (QED) is 0.684. The molecule has 0 heterocycles. The fourth-order valence-corrected chi connectivity index (χ4v) is 0.587. The number of hydrogen-bond donors (Lipinski definition) is 1. The molecule has 0 bridgehead atoms. The van der Waals surface area contributed by atoms with Crippen molar-refractivity contribution in [2.24, 2.45) is 0 Å². The zero-order valence-electron chi connectivity index (χ0n) is 4.95. The standard InChI is InChI=1S/C6H5ClO.2ClH/c7-5-3-1-2-4-6(5)8;;/h1-4,8H;2*1H. The summed E-state index contributed by atoms with van der Waals surface area (Å²) >= 11 is 5.46. The lowest BCUT2D eigenvalue weighted by molar-refractivity contribution is 0.475. The zero-order valence-corrected chi connectivity index (χ0v) is 7.34. The maximum atomic E-state index is 8.79. The van der Waals surface area contributed by atoms with Crippen LogP contribution in [0.25, 0.3) is 0 Å². The van der Waals surface area contributed by atoms with Gasteiger partial charge in [0.15, 0.2) is 0 Å². The molecule has 0 unspecified atom stereocenters. The van der Waals surface area contributed by atoms with Crippen LogP contribution in [0, 0.1) is 0 Å². The van der Waals surface area contributed by atoms with E-state index in [4.69, 9.17) is 16.7 Å². The Balaban J connectivity index is 0. The van der Waals surface area contributed by atoms with Gasteiger partial charge in [-0.15, -0.1) is 24.8 Å². The van der Waals surface area contributed by atoms with Gasteiger partial charge in [-0.3, -0.25) is 0 Å². The van der Waals surface area contributed by atoms with E-state index in [0.717, 1.165) is 0 Å². The van der Waals surface area contributed by atoms with Crippen molar-refractivity contribution in [1.82, 2.24) is 0 Å². The summed E-state index contributed by atoms with van der Waals surface area (Å²) in [6.45, 7) is 0. The molecule has 1 aromatic carbocycles. The van der Waals surface area contributed by atoms with Crippen molar-refractivity contribution in [2.45, 2.75) is 0 Å². The van der Waals surface area contributed by atoms with Crippen molar-refractivity contribution in [1.29, 1.82) is 0 Å². The zero-order chi connectivity index (χ0) is 5.98. The molecule has 1 aromatic rings. The molecular formula is C6H7Cl3O.